The molecule has 0 fully saturated rings. The predicted molar refractivity (Wildman–Crippen MR) is 84.2 cm³/mol. The maximum atomic E-state index is 14.2. The molecule has 1 heterocycles. The SMILES string of the molecule is Cc1nn(-c2c(F)c(F)c(C#N)c(F)c2F)c(O)c1C(=O)c1cc(F)c(F)c(F)c1F.[Zn]. The summed E-state index contributed by atoms with van der Waals surface area (Å²) in [7, 11) is 0. The number of aryl methyl sites for hydroxylation is 1. The number of ketones is 1. The van der Waals surface area contributed by atoms with Gasteiger partial charge in [-0.05, 0) is 13.0 Å². The summed E-state index contributed by atoms with van der Waals surface area (Å²) >= 11 is 0. The summed E-state index contributed by atoms with van der Waals surface area (Å²) in [6.07, 6.45) is 0. The van der Waals surface area contributed by atoms with E-state index in [1.165, 1.54) is 0 Å². The van der Waals surface area contributed by atoms with E-state index in [0.29, 0.717) is 0 Å². The minimum absolute atomic E-state index is 0. The zero-order valence-electron chi connectivity index (χ0n) is 15.5. The van der Waals surface area contributed by atoms with Crippen molar-refractivity contribution in [3.05, 3.63) is 75.0 Å². The molecule has 14 heteroatoms. The summed E-state index contributed by atoms with van der Waals surface area (Å²) in [5.74, 6) is -20.5. The molecule has 2 aromatic carbocycles. The Morgan fingerprint density at radius 2 is 1.47 bits per heavy atom. The zero-order chi connectivity index (χ0) is 23.4. The number of carbonyl (C=O) groups excluding carboxylic acids is 1. The van der Waals surface area contributed by atoms with Crippen LogP contribution in [0.2, 0.25) is 0 Å². The van der Waals surface area contributed by atoms with Gasteiger partial charge in [0.1, 0.15) is 22.9 Å². The Balaban J connectivity index is 0.00000363. The monoisotopic (exact) mass is 511 g/mol. The Morgan fingerprint density at radius 1 is 0.938 bits per heavy atom. The van der Waals surface area contributed by atoms with Crippen molar-refractivity contribution < 1.29 is 64.5 Å². The second kappa shape index (κ2) is 8.66. The molecule has 0 radical (unpaired) electrons. The molecule has 162 valence electrons. The van der Waals surface area contributed by atoms with Crippen LogP contribution in [0.5, 0.6) is 5.88 Å². The molecule has 0 atom stereocenters. The summed E-state index contributed by atoms with van der Waals surface area (Å²) < 4.78 is 110. The maximum absolute atomic E-state index is 14.2. The van der Waals surface area contributed by atoms with Gasteiger partial charge in [-0.15, -0.1) is 0 Å². The number of carbonyl (C=O) groups is 1. The fraction of sp³-hybridized carbons (Fsp3) is 0.0556. The first kappa shape index (κ1) is 24.9. The number of benzene rings is 2. The van der Waals surface area contributed by atoms with E-state index in [1.54, 1.807) is 0 Å². The van der Waals surface area contributed by atoms with Crippen LogP contribution in [0.15, 0.2) is 6.07 Å². The van der Waals surface area contributed by atoms with E-state index in [2.05, 4.69) is 5.10 Å². The van der Waals surface area contributed by atoms with Crippen molar-refractivity contribution in [3.8, 4) is 17.6 Å². The molecular formula is C18H5F8N3O2Zn. The molecule has 0 aliphatic carbocycles. The molecule has 5 nitrogen and oxygen atoms in total. The fourth-order valence-electron chi connectivity index (χ4n) is 2.71. The Morgan fingerprint density at radius 3 is 1.97 bits per heavy atom. The molecule has 0 spiro atoms. The first-order chi connectivity index (χ1) is 14.4. The van der Waals surface area contributed by atoms with E-state index >= 15 is 0 Å². The number of nitrogens with zero attached hydrogens (tertiary/aromatic N) is 3. The smallest absolute Gasteiger partial charge is 0.226 e. The van der Waals surface area contributed by atoms with Crippen LogP contribution in [0, 0.1) is 64.8 Å². The Hall–Kier alpha value is -3.33. The van der Waals surface area contributed by atoms with Crippen molar-refractivity contribution in [3.63, 3.8) is 0 Å². The van der Waals surface area contributed by atoms with E-state index in [4.69, 9.17) is 5.26 Å². The second-order valence-corrected chi connectivity index (χ2v) is 5.96. The fourth-order valence-corrected chi connectivity index (χ4v) is 2.71. The van der Waals surface area contributed by atoms with Gasteiger partial charge in [0.05, 0.1) is 11.3 Å². The van der Waals surface area contributed by atoms with Crippen molar-refractivity contribution >= 4 is 5.78 Å². The summed E-state index contributed by atoms with van der Waals surface area (Å²) in [6.45, 7) is 0.920. The summed E-state index contributed by atoms with van der Waals surface area (Å²) in [5, 5.41) is 22.1. The summed E-state index contributed by atoms with van der Waals surface area (Å²) in [4.78, 5) is 12.5. The summed E-state index contributed by atoms with van der Waals surface area (Å²) in [5.41, 5.74) is -6.37. The average Bonchev–Trinajstić information content (AvgIpc) is 3.01. The Bertz CT molecular complexity index is 1300. The molecule has 0 saturated carbocycles. The molecular weight excluding hydrogens is 508 g/mol. The van der Waals surface area contributed by atoms with Gasteiger partial charge in [0, 0.05) is 19.5 Å². The normalized spacial score (nSPS) is 10.6. The molecule has 1 aromatic heterocycles. The van der Waals surface area contributed by atoms with Gasteiger partial charge < -0.3 is 5.11 Å². The number of hydrogen-bond donors (Lipinski definition) is 1. The number of aromatic hydroxyl groups is 1. The number of halogens is 8. The summed E-state index contributed by atoms with van der Waals surface area (Å²) in [6, 6.07) is 0.863. The van der Waals surface area contributed by atoms with Crippen LogP contribution in [0.3, 0.4) is 0 Å². The van der Waals surface area contributed by atoms with Crippen LogP contribution in [0.25, 0.3) is 5.69 Å². The van der Waals surface area contributed by atoms with Crippen molar-refractivity contribution in [2.75, 3.05) is 0 Å². The quantitative estimate of drug-likeness (QED) is 0.188. The number of rotatable bonds is 3. The number of aromatic nitrogens is 2. The van der Waals surface area contributed by atoms with Crippen LogP contribution in [-0.2, 0) is 19.5 Å². The van der Waals surface area contributed by atoms with Gasteiger partial charge in [0.15, 0.2) is 46.5 Å². The molecule has 32 heavy (non-hydrogen) atoms. The van der Waals surface area contributed by atoms with Crippen molar-refractivity contribution in [2.45, 2.75) is 6.92 Å². The van der Waals surface area contributed by atoms with Gasteiger partial charge in [-0.1, -0.05) is 0 Å². The molecule has 0 unspecified atom stereocenters. The third kappa shape index (κ3) is 3.52. The van der Waals surface area contributed by atoms with Crippen molar-refractivity contribution in [1.29, 1.82) is 5.26 Å². The molecule has 0 bridgehead atoms. The minimum atomic E-state index is -2.35. The molecule has 0 saturated heterocycles. The third-order valence-electron chi connectivity index (χ3n) is 4.17. The molecule has 3 aromatic rings. The molecule has 0 aliphatic rings. The Kier molecular flexibility index (Phi) is 6.75. The van der Waals surface area contributed by atoms with Crippen LogP contribution >= 0.6 is 0 Å². The van der Waals surface area contributed by atoms with Crippen LogP contribution in [0.4, 0.5) is 35.1 Å². The minimum Gasteiger partial charge on any atom is -0.493 e. The second-order valence-electron chi connectivity index (χ2n) is 5.96. The van der Waals surface area contributed by atoms with E-state index in [0.717, 1.165) is 13.0 Å². The zero-order valence-corrected chi connectivity index (χ0v) is 18.5. The van der Waals surface area contributed by atoms with Gasteiger partial charge in [0.2, 0.25) is 11.7 Å². The van der Waals surface area contributed by atoms with E-state index < -0.39 is 86.3 Å². The molecule has 0 amide bonds. The largest absolute Gasteiger partial charge is 0.493 e. The maximum Gasteiger partial charge on any atom is 0.226 e. The number of nitriles is 1. The number of hydrogen-bond acceptors (Lipinski definition) is 4. The molecule has 0 aliphatic heterocycles. The van der Waals surface area contributed by atoms with Crippen LogP contribution in [0.1, 0.15) is 27.2 Å². The first-order valence-corrected chi connectivity index (χ1v) is 7.86. The first-order valence-electron chi connectivity index (χ1n) is 7.86. The van der Waals surface area contributed by atoms with Gasteiger partial charge >= 0.3 is 0 Å². The van der Waals surface area contributed by atoms with Gasteiger partial charge in [-0.2, -0.15) is 15.0 Å². The third-order valence-corrected chi connectivity index (χ3v) is 4.17. The van der Waals surface area contributed by atoms with E-state index in [-0.39, 0.29) is 30.2 Å². The van der Waals surface area contributed by atoms with Crippen LogP contribution in [-0.4, -0.2) is 20.7 Å². The van der Waals surface area contributed by atoms with E-state index in [1.807, 2.05) is 0 Å². The van der Waals surface area contributed by atoms with E-state index in [9.17, 15) is 45.0 Å². The Labute approximate surface area is 185 Å². The van der Waals surface area contributed by atoms with Gasteiger partial charge in [-0.3, -0.25) is 4.79 Å². The predicted octanol–water partition coefficient (Wildman–Crippen LogP) is 4.10. The molecule has 1 N–H and O–H groups in total. The van der Waals surface area contributed by atoms with Crippen LogP contribution < -0.4 is 0 Å². The average molecular weight is 513 g/mol. The standard InChI is InChI=1S/C18H5F8N3O2.Zn/c1-4-8(17(30)5-2-7(19)12(23)13(24)9(5)20)18(31)29(28-4)16-14(25)10(21)6(3-27)11(22)15(16)26;/h2,31H,1H3;. The van der Waals surface area contributed by atoms with Gasteiger partial charge in [-0.25, -0.2) is 35.1 Å². The van der Waals surface area contributed by atoms with Gasteiger partial charge in [0.25, 0.3) is 0 Å². The topological polar surface area (TPSA) is 78.9 Å². The van der Waals surface area contributed by atoms with Crippen molar-refractivity contribution in [1.82, 2.24) is 9.78 Å². The van der Waals surface area contributed by atoms with Crippen molar-refractivity contribution in [2.24, 2.45) is 0 Å². The molecule has 3 rings (SSSR count).